The highest BCUT2D eigenvalue weighted by Crippen LogP contribution is 2.41. The number of piperidine rings is 1. The molecule has 1 aromatic rings. The summed E-state index contributed by atoms with van der Waals surface area (Å²) in [6.07, 6.45) is -1.99. The third-order valence-electron chi connectivity index (χ3n) is 8.39. The molecule has 39 heavy (non-hydrogen) atoms. The summed E-state index contributed by atoms with van der Waals surface area (Å²) >= 11 is 0. The van der Waals surface area contributed by atoms with E-state index in [9.17, 15) is 31.8 Å². The molecule has 1 aromatic carbocycles. The Balaban J connectivity index is 1.14. The molecule has 13 heteroatoms. The number of benzene rings is 1. The first-order valence-electron chi connectivity index (χ1n) is 13.3. The summed E-state index contributed by atoms with van der Waals surface area (Å²) in [7, 11) is -1.27. The highest BCUT2D eigenvalue weighted by Gasteiger charge is 2.49. The summed E-state index contributed by atoms with van der Waals surface area (Å²) in [5.41, 5.74) is 1.44. The van der Waals surface area contributed by atoms with Crippen molar-refractivity contribution < 1.29 is 31.8 Å². The number of anilines is 1. The molecule has 2 N–H and O–H groups in total. The van der Waals surface area contributed by atoms with Gasteiger partial charge in [-0.2, -0.15) is 13.2 Å². The van der Waals surface area contributed by atoms with E-state index in [0.717, 1.165) is 16.0 Å². The lowest BCUT2D eigenvalue weighted by molar-refractivity contribution is -0.182. The zero-order valence-corrected chi connectivity index (χ0v) is 22.5. The van der Waals surface area contributed by atoms with Crippen LogP contribution in [0.25, 0.3) is 0 Å². The Bertz CT molecular complexity index is 1200. The highest BCUT2D eigenvalue weighted by atomic mass is 32.2. The zero-order valence-electron chi connectivity index (χ0n) is 21.7. The number of rotatable bonds is 6. The van der Waals surface area contributed by atoms with E-state index >= 15 is 0 Å². The Labute approximate surface area is 227 Å². The van der Waals surface area contributed by atoms with Crippen LogP contribution in [-0.4, -0.2) is 69.3 Å². The molecule has 1 spiro atoms. The van der Waals surface area contributed by atoms with Crippen molar-refractivity contribution in [2.75, 3.05) is 30.3 Å². The number of amidine groups is 1. The topological polar surface area (TPSA) is 111 Å². The van der Waals surface area contributed by atoms with Crippen LogP contribution in [0.4, 0.5) is 23.7 Å². The predicted molar refractivity (Wildman–Crippen MR) is 139 cm³/mol. The number of carbonyl (C=O) groups is 3. The molecule has 0 aromatic heterocycles. The third kappa shape index (κ3) is 5.60. The maximum absolute atomic E-state index is 13.1. The van der Waals surface area contributed by atoms with Crippen LogP contribution in [0.1, 0.15) is 49.7 Å². The van der Waals surface area contributed by atoms with Crippen molar-refractivity contribution in [1.29, 1.82) is 0 Å². The zero-order chi connectivity index (χ0) is 27.9. The number of urea groups is 1. The molecule has 1 aliphatic carbocycles. The maximum atomic E-state index is 13.1. The van der Waals surface area contributed by atoms with E-state index in [1.54, 1.807) is 12.1 Å². The van der Waals surface area contributed by atoms with E-state index in [4.69, 9.17) is 4.99 Å². The van der Waals surface area contributed by atoms with Gasteiger partial charge in [-0.3, -0.25) is 14.6 Å². The van der Waals surface area contributed by atoms with Gasteiger partial charge in [0.25, 0.3) is 11.8 Å². The first kappa shape index (κ1) is 27.8. The minimum atomic E-state index is -4.18. The van der Waals surface area contributed by atoms with Crippen molar-refractivity contribution in [1.82, 2.24) is 14.9 Å². The summed E-state index contributed by atoms with van der Waals surface area (Å²) in [5.74, 6) is -1.05. The molecule has 1 unspecified atom stereocenters. The molecule has 212 valence electrons. The molecule has 1 atom stereocenters. The predicted octanol–water partition coefficient (Wildman–Crippen LogP) is 2.99. The summed E-state index contributed by atoms with van der Waals surface area (Å²) < 4.78 is 53.9. The average Bonchev–Trinajstić information content (AvgIpc) is 3.41. The van der Waals surface area contributed by atoms with Gasteiger partial charge in [0.1, 0.15) is 11.4 Å². The van der Waals surface area contributed by atoms with Gasteiger partial charge in [0.2, 0.25) is 0 Å². The van der Waals surface area contributed by atoms with Crippen molar-refractivity contribution >= 4 is 40.4 Å². The van der Waals surface area contributed by atoms with Gasteiger partial charge in [0, 0.05) is 24.8 Å². The lowest BCUT2D eigenvalue weighted by atomic mass is 9.81. The molecule has 0 bridgehead atoms. The highest BCUT2D eigenvalue weighted by molar-refractivity contribution is 7.82. The van der Waals surface area contributed by atoms with Crippen LogP contribution in [0.15, 0.2) is 23.2 Å². The van der Waals surface area contributed by atoms with Gasteiger partial charge >= 0.3 is 12.2 Å². The smallest absolute Gasteiger partial charge is 0.328 e. The van der Waals surface area contributed by atoms with Crippen LogP contribution in [0.2, 0.25) is 0 Å². The number of halogens is 3. The second-order valence-electron chi connectivity index (χ2n) is 10.8. The van der Waals surface area contributed by atoms with Crippen LogP contribution in [0.3, 0.4) is 0 Å². The number of aliphatic imine (C=N–C) groups is 1. The monoisotopic (exact) mass is 567 g/mol. The molecule has 9 nitrogen and oxygen atoms in total. The summed E-state index contributed by atoms with van der Waals surface area (Å²) in [6.45, 7) is 2.73. The van der Waals surface area contributed by atoms with E-state index in [0.29, 0.717) is 62.5 Å². The number of carbonyl (C=O) groups excluding carboxylic acids is 3. The normalized spacial score (nSPS) is 26.5. The van der Waals surface area contributed by atoms with Crippen LogP contribution in [0, 0.1) is 18.8 Å². The number of aryl methyl sites for hydroxylation is 2. The number of hydrogen-bond acceptors (Lipinski definition) is 5. The van der Waals surface area contributed by atoms with E-state index in [2.05, 4.69) is 10.6 Å². The molecule has 2 saturated heterocycles. The SMILES string of the molecule is Cc1cc(N2C(=O)CNC2=O)ccc1CCS(=O)N1CCC2(CC1)N=C(C1CCC(C(F)(F)F)CC1)NC2=O. The van der Waals surface area contributed by atoms with E-state index in [-0.39, 0.29) is 37.1 Å². The summed E-state index contributed by atoms with van der Waals surface area (Å²) in [6, 6.07) is 4.88. The van der Waals surface area contributed by atoms with Crippen LogP contribution < -0.4 is 15.5 Å². The second-order valence-corrected chi connectivity index (χ2v) is 12.3. The van der Waals surface area contributed by atoms with Crippen molar-refractivity contribution in [2.45, 2.75) is 63.6 Å². The Hall–Kier alpha value is -2.80. The van der Waals surface area contributed by atoms with Gasteiger partial charge in [-0.05, 0) is 75.1 Å². The number of amides is 4. The van der Waals surface area contributed by atoms with Crippen molar-refractivity contribution in [2.24, 2.45) is 16.8 Å². The van der Waals surface area contributed by atoms with E-state index in [1.807, 2.05) is 17.3 Å². The number of alkyl halides is 3. The average molecular weight is 568 g/mol. The fraction of sp³-hybridized carbons (Fsp3) is 0.615. The molecule has 4 amide bonds. The lowest BCUT2D eigenvalue weighted by Crippen LogP contribution is -2.49. The summed E-state index contributed by atoms with van der Waals surface area (Å²) in [5, 5.41) is 5.35. The van der Waals surface area contributed by atoms with Gasteiger partial charge in [-0.15, -0.1) is 0 Å². The summed E-state index contributed by atoms with van der Waals surface area (Å²) in [4.78, 5) is 42.6. The quantitative estimate of drug-likeness (QED) is 0.515. The van der Waals surface area contributed by atoms with Gasteiger partial charge < -0.3 is 10.6 Å². The fourth-order valence-corrected chi connectivity index (χ4v) is 7.18. The van der Waals surface area contributed by atoms with Crippen molar-refractivity contribution in [3.8, 4) is 0 Å². The third-order valence-corrected chi connectivity index (χ3v) is 9.88. The molecule has 4 aliphatic rings. The minimum Gasteiger partial charge on any atom is -0.328 e. The van der Waals surface area contributed by atoms with Gasteiger partial charge in [0.15, 0.2) is 0 Å². The Morgan fingerprint density at radius 1 is 1.10 bits per heavy atom. The minimum absolute atomic E-state index is 0.0209. The molecule has 0 radical (unpaired) electrons. The Kier molecular flexibility index (Phi) is 7.57. The number of imide groups is 1. The van der Waals surface area contributed by atoms with E-state index < -0.39 is 34.6 Å². The first-order valence-corrected chi connectivity index (χ1v) is 14.6. The molecule has 3 aliphatic heterocycles. The van der Waals surface area contributed by atoms with Crippen LogP contribution in [-0.2, 0) is 27.0 Å². The Morgan fingerprint density at radius 2 is 1.79 bits per heavy atom. The number of hydrogen-bond donors (Lipinski definition) is 2. The van der Waals surface area contributed by atoms with Crippen LogP contribution >= 0.6 is 0 Å². The van der Waals surface area contributed by atoms with Gasteiger partial charge in [-0.25, -0.2) is 18.2 Å². The fourth-order valence-electron chi connectivity index (χ4n) is 5.94. The van der Waals surface area contributed by atoms with Crippen molar-refractivity contribution in [3.63, 3.8) is 0 Å². The molecule has 3 heterocycles. The Morgan fingerprint density at radius 3 is 2.38 bits per heavy atom. The molecular formula is C26H32F3N5O4S. The van der Waals surface area contributed by atoms with Crippen molar-refractivity contribution in [3.05, 3.63) is 29.3 Å². The largest absolute Gasteiger partial charge is 0.391 e. The second kappa shape index (κ2) is 10.6. The molecule has 5 rings (SSSR count). The van der Waals surface area contributed by atoms with Crippen LogP contribution in [0.5, 0.6) is 0 Å². The first-order chi connectivity index (χ1) is 18.5. The lowest BCUT2D eigenvalue weighted by Gasteiger charge is -2.34. The maximum Gasteiger partial charge on any atom is 0.391 e. The van der Waals surface area contributed by atoms with E-state index in [1.165, 1.54) is 0 Å². The number of nitrogens with one attached hydrogen (secondary N) is 2. The molecule has 1 saturated carbocycles. The van der Waals surface area contributed by atoms with Gasteiger partial charge in [-0.1, -0.05) is 6.07 Å². The molecule has 3 fully saturated rings. The number of nitrogens with zero attached hydrogens (tertiary/aromatic N) is 3. The molecular weight excluding hydrogens is 535 g/mol. The standard InChI is InChI=1S/C26H32F3N5O4S/c1-16-14-20(34-21(35)15-30-24(34)37)7-4-17(16)8-13-39(38)33-11-9-25(10-12-33)23(36)31-22(32-25)18-2-5-19(6-3-18)26(27,28)29/h4,7,14,18-19H,2-3,5-6,8-13,15H2,1H3,(H,30,37)(H,31,32,36). The van der Waals surface area contributed by atoms with Gasteiger partial charge in [0.05, 0.1) is 29.1 Å².